The van der Waals surface area contributed by atoms with Crippen molar-refractivity contribution in [1.29, 1.82) is 0 Å². The van der Waals surface area contributed by atoms with Crippen molar-refractivity contribution in [3.63, 3.8) is 0 Å². The number of carbonyl (C=O) groups is 2. The van der Waals surface area contributed by atoms with Gasteiger partial charge in [-0.05, 0) is 54.2 Å². The molecule has 6 heterocycles. The van der Waals surface area contributed by atoms with Crippen LogP contribution in [-0.2, 0) is 46.6 Å². The van der Waals surface area contributed by atoms with E-state index in [2.05, 4.69) is 72.0 Å². The number of nitrogens with one attached hydrogen (secondary N) is 1. The maximum absolute atomic E-state index is 13.9. The Morgan fingerprint density at radius 2 is 1.33 bits per heavy atom. The summed E-state index contributed by atoms with van der Waals surface area (Å²) in [4.78, 5) is 58.5. The molecule has 19 nitrogen and oxygen atoms in total. The smallest absolute Gasteiger partial charge is 0.259 e. The van der Waals surface area contributed by atoms with Gasteiger partial charge in [0, 0.05) is 42.8 Å². The van der Waals surface area contributed by atoms with Gasteiger partial charge in [0.1, 0.15) is 51.2 Å². The predicted molar refractivity (Wildman–Crippen MR) is 288 cm³/mol. The third kappa shape index (κ3) is 11.0. The number of imidazole rings is 2. The van der Waals surface area contributed by atoms with Gasteiger partial charge in [-0.3, -0.25) is 33.6 Å². The van der Waals surface area contributed by atoms with E-state index in [0.29, 0.717) is 52.7 Å². The zero-order valence-electron chi connectivity index (χ0n) is 41.2. The van der Waals surface area contributed by atoms with Crippen molar-refractivity contribution in [2.45, 2.75) is 88.7 Å². The summed E-state index contributed by atoms with van der Waals surface area (Å²) in [6.45, 7) is 23.1. The van der Waals surface area contributed by atoms with Gasteiger partial charge in [0.05, 0.1) is 31.9 Å². The second kappa shape index (κ2) is 22.3. The van der Waals surface area contributed by atoms with E-state index >= 15 is 0 Å². The number of nitrogens with zero attached hydrogens (tertiary/aromatic N) is 10. The van der Waals surface area contributed by atoms with Crippen LogP contribution >= 0.6 is 14.0 Å². The highest BCUT2D eigenvalue weighted by atomic mass is 32.4. The van der Waals surface area contributed by atoms with Gasteiger partial charge in [0.25, 0.3) is 11.8 Å². The van der Waals surface area contributed by atoms with Gasteiger partial charge in [-0.15, -0.1) is 13.2 Å². The maximum atomic E-state index is 13.9. The Kier molecular flexibility index (Phi) is 16.5. The topological polar surface area (TPSA) is 212 Å². The molecule has 8 rings (SSSR count). The molecule has 9 atom stereocenters. The Hall–Kier alpha value is -4.93. The normalized spacial score (nSPS) is 23.3. The highest BCUT2D eigenvalue weighted by Gasteiger charge is 2.51. The summed E-state index contributed by atoms with van der Waals surface area (Å²) in [5.41, 5.74) is 9.87. The van der Waals surface area contributed by atoms with Crippen LogP contribution in [0.2, 0.25) is 18.1 Å². The average molecular weight is 1070 g/mol. The first-order chi connectivity index (χ1) is 34.4. The fourth-order valence-electron chi connectivity index (χ4n) is 8.68. The number of benzene rings is 2. The lowest BCUT2D eigenvalue weighted by Gasteiger charge is -2.40. The fraction of sp³-hybridized carbons (Fsp3) is 0.417. The molecular weight excluding hydrogens is 1010 g/mol. The number of nitrogens with two attached hydrogens (primary N) is 1. The van der Waals surface area contributed by atoms with E-state index in [4.69, 9.17) is 62.3 Å². The molecule has 6 aromatic rings. The van der Waals surface area contributed by atoms with Crippen molar-refractivity contribution in [3.8, 4) is 0 Å². The molecule has 2 amide bonds. The first kappa shape index (κ1) is 53.4. The number of hydrogen-bond acceptors (Lipinski definition) is 16. The van der Waals surface area contributed by atoms with Gasteiger partial charge in [-0.1, -0.05) is 88.1 Å². The Balaban J connectivity index is 1.04. The van der Waals surface area contributed by atoms with E-state index in [1.807, 2.05) is 54.6 Å². The number of fused-ring (bicyclic) bond motifs is 2. The van der Waals surface area contributed by atoms with Crippen LogP contribution in [0.3, 0.4) is 0 Å². The molecule has 0 saturated carbocycles. The number of hydrogen-bond donors (Lipinski definition) is 2. The van der Waals surface area contributed by atoms with Crippen molar-refractivity contribution in [2.24, 2.45) is 11.7 Å². The molecule has 3 N–H and O–H groups in total. The number of ether oxygens (including phenoxy) is 2. The second-order valence-electron chi connectivity index (χ2n) is 19.3. The van der Waals surface area contributed by atoms with Gasteiger partial charge in [-0.25, -0.2) is 29.9 Å². The van der Waals surface area contributed by atoms with E-state index in [1.165, 1.54) is 22.5 Å². The molecule has 0 radical (unpaired) electrons. The van der Waals surface area contributed by atoms with E-state index in [9.17, 15) is 9.59 Å². The largest absolute Gasteiger partial charge is 0.408 e. The number of carbonyl (C=O) groups excluding carboxylic acids is 2. The molecule has 0 spiro atoms. The molecule has 24 heteroatoms. The summed E-state index contributed by atoms with van der Waals surface area (Å²) in [5.74, 6) is -0.0923. The molecule has 1 unspecified atom stereocenters. The van der Waals surface area contributed by atoms with E-state index in [1.54, 1.807) is 53.6 Å². The number of aromatic nitrogens is 8. The van der Waals surface area contributed by atoms with Gasteiger partial charge in [0.2, 0.25) is 0 Å². The molecule has 0 bridgehead atoms. The summed E-state index contributed by atoms with van der Waals surface area (Å²) in [5, 5.41) is 3.48. The highest BCUT2D eigenvalue weighted by molar-refractivity contribution is 8.11. The Bertz CT molecular complexity index is 2980. The SMILES string of the molecule is C=CCN(C(=O)c1ccccc1)c1ncnc2c1ncn2[C@@H]1O[C@H](COP=S)[C@@H](NP(C)(=S)OC[C@H]2O[C@@H](n3cnc4c(N(CC=C)C(=O)c5ccccc5)ncnc43)[C@H](O[Si](C)(C)C(C)(C)C)[C@@H]2N)[C@H]1C. The number of rotatable bonds is 20. The van der Waals surface area contributed by atoms with Crippen molar-refractivity contribution >= 4 is 91.7 Å². The first-order valence-electron chi connectivity index (χ1n) is 23.4. The minimum atomic E-state index is -2.85. The molecule has 4 aromatic heterocycles. The number of anilines is 2. The van der Waals surface area contributed by atoms with Crippen LogP contribution in [0.5, 0.6) is 0 Å². The van der Waals surface area contributed by atoms with Gasteiger partial charge < -0.3 is 28.7 Å². The summed E-state index contributed by atoms with van der Waals surface area (Å²) >= 11 is 11.4. The lowest BCUT2D eigenvalue weighted by atomic mass is 10.00. The van der Waals surface area contributed by atoms with E-state index < -0.39 is 51.5 Å². The molecular formula is C48H60N12O7P2S2Si. The molecule has 2 aliphatic heterocycles. The molecule has 2 saturated heterocycles. The van der Waals surface area contributed by atoms with E-state index in [0.717, 1.165) is 0 Å². The summed E-state index contributed by atoms with van der Waals surface area (Å²) < 4.78 is 36.8. The minimum absolute atomic E-state index is 0.0352. The first-order valence-corrected chi connectivity index (χ1v) is 31.3. The van der Waals surface area contributed by atoms with Gasteiger partial charge in [0.15, 0.2) is 48.5 Å². The van der Waals surface area contributed by atoms with Crippen molar-refractivity contribution in [2.75, 3.05) is 42.8 Å². The minimum Gasteiger partial charge on any atom is -0.408 e. The molecule has 2 fully saturated rings. The van der Waals surface area contributed by atoms with Crippen LogP contribution < -0.4 is 20.6 Å². The Morgan fingerprint density at radius 1 is 0.833 bits per heavy atom. The molecule has 380 valence electrons. The lowest BCUT2D eigenvalue weighted by Crippen LogP contribution is -2.51. The molecule has 2 aliphatic rings. The zero-order chi connectivity index (χ0) is 51.5. The summed E-state index contributed by atoms with van der Waals surface area (Å²) in [6.07, 6.45) is 3.30. The average Bonchev–Trinajstić information content (AvgIpc) is 4.14. The molecule has 72 heavy (non-hydrogen) atoms. The maximum Gasteiger partial charge on any atom is 0.259 e. The Labute approximate surface area is 431 Å². The third-order valence-electron chi connectivity index (χ3n) is 13.4. The van der Waals surface area contributed by atoms with Crippen LogP contribution in [0.4, 0.5) is 11.6 Å². The van der Waals surface area contributed by atoms with Crippen LogP contribution in [0.25, 0.3) is 22.3 Å². The van der Waals surface area contributed by atoms with Crippen molar-refractivity contribution in [3.05, 3.63) is 122 Å². The Morgan fingerprint density at radius 3 is 1.82 bits per heavy atom. The van der Waals surface area contributed by atoms with Crippen LogP contribution in [0, 0.1) is 5.92 Å². The lowest BCUT2D eigenvalue weighted by molar-refractivity contribution is -0.0424. The monoisotopic (exact) mass is 1070 g/mol. The highest BCUT2D eigenvalue weighted by Crippen LogP contribution is 2.47. The van der Waals surface area contributed by atoms with Gasteiger partial charge >= 0.3 is 0 Å². The molecule has 2 aromatic carbocycles. The van der Waals surface area contributed by atoms with Crippen molar-refractivity contribution in [1.82, 2.24) is 44.1 Å². The molecule has 0 aliphatic carbocycles. The quantitative estimate of drug-likeness (QED) is 0.0425. The van der Waals surface area contributed by atoms with Crippen LogP contribution in [0.1, 0.15) is 60.9 Å². The van der Waals surface area contributed by atoms with Crippen molar-refractivity contribution < 1.29 is 32.5 Å². The summed E-state index contributed by atoms with van der Waals surface area (Å²) in [6, 6.07) is 16.9. The van der Waals surface area contributed by atoms with Gasteiger partial charge in [-0.2, -0.15) is 0 Å². The summed E-state index contributed by atoms with van der Waals surface area (Å²) in [7, 11) is -2.15. The number of amides is 2. The predicted octanol–water partition coefficient (Wildman–Crippen LogP) is 7.73. The van der Waals surface area contributed by atoms with Crippen LogP contribution in [0.15, 0.2) is 111 Å². The van der Waals surface area contributed by atoms with Crippen LogP contribution in [-0.4, -0.2) is 123 Å². The zero-order valence-corrected chi connectivity index (χ0v) is 45.6. The van der Waals surface area contributed by atoms with E-state index in [-0.39, 0.29) is 55.1 Å². The fourth-order valence-corrected chi connectivity index (χ4v) is 12.4. The third-order valence-corrected chi connectivity index (χ3v) is 20.5. The standard InChI is InChI=1S/C48H60N12O7P2S2Si/c1-10-22-57(44(61)31-18-14-12-15-19-31)40-37-42(52-26-50-40)59(28-54-37)46-30(3)36(34(66-46)24-63-68-70)56-69(7,71)64-25-33-35(49)39(67-72(8,9)48(4,5)6)47(65-33)60-29-55-38-41(51-27-53-43(38)60)58(23-11-2)45(62)32-20-16-13-17-21-32/h10-21,26-30,33-36,39,46-47H,1-2,22-25,49H2,3-9H3,(H,56,71)/t30-,33-,34-,35-,36+,39-,46-,47-,69?/m1/s1. The second-order valence-corrected chi connectivity index (χ2v) is 29.2.